The van der Waals surface area contributed by atoms with Crippen LogP contribution >= 0.6 is 0 Å². The Balaban J connectivity index is 1.79. The summed E-state index contributed by atoms with van der Waals surface area (Å²) in [6, 6.07) is 7.28. The summed E-state index contributed by atoms with van der Waals surface area (Å²) in [7, 11) is 0. The van der Waals surface area contributed by atoms with Crippen molar-refractivity contribution >= 4 is 0 Å². The SMILES string of the molecule is CCCCCCCOC1Cc2c(O)cc(O)cc2OC1c1ccc(O)c(O)c1. The number of aromatic hydroxyl groups is 4. The van der Waals surface area contributed by atoms with E-state index in [0.717, 1.165) is 12.8 Å². The van der Waals surface area contributed by atoms with Gasteiger partial charge in [-0.1, -0.05) is 38.7 Å². The van der Waals surface area contributed by atoms with Gasteiger partial charge < -0.3 is 29.9 Å². The van der Waals surface area contributed by atoms with Gasteiger partial charge in [-0.2, -0.15) is 0 Å². The molecule has 0 saturated carbocycles. The van der Waals surface area contributed by atoms with Gasteiger partial charge in [0, 0.05) is 30.7 Å². The van der Waals surface area contributed by atoms with Crippen molar-refractivity contribution in [1.29, 1.82) is 0 Å². The molecule has 0 fully saturated rings. The Morgan fingerprint density at radius 2 is 1.71 bits per heavy atom. The van der Waals surface area contributed by atoms with E-state index < -0.39 is 6.10 Å². The molecule has 1 aliphatic rings. The number of hydrogen-bond donors (Lipinski definition) is 4. The van der Waals surface area contributed by atoms with Gasteiger partial charge in [0.1, 0.15) is 23.4 Å². The van der Waals surface area contributed by atoms with Gasteiger partial charge in [0.2, 0.25) is 0 Å². The molecule has 2 aromatic rings. The summed E-state index contributed by atoms with van der Waals surface area (Å²) in [5.41, 5.74) is 1.24. The van der Waals surface area contributed by atoms with E-state index in [9.17, 15) is 20.4 Å². The summed E-state index contributed by atoms with van der Waals surface area (Å²) >= 11 is 0. The molecular weight excluding hydrogens is 360 g/mol. The minimum atomic E-state index is -0.532. The first kappa shape index (κ1) is 20.1. The zero-order chi connectivity index (χ0) is 20.1. The largest absolute Gasteiger partial charge is 0.508 e. The van der Waals surface area contributed by atoms with E-state index in [-0.39, 0.29) is 29.1 Å². The summed E-state index contributed by atoms with van der Waals surface area (Å²) in [6.45, 7) is 2.75. The van der Waals surface area contributed by atoms with Gasteiger partial charge in [-0.3, -0.25) is 0 Å². The van der Waals surface area contributed by atoms with Crippen LogP contribution in [0.2, 0.25) is 0 Å². The molecule has 28 heavy (non-hydrogen) atoms. The van der Waals surface area contributed by atoms with E-state index in [1.54, 1.807) is 6.07 Å². The molecule has 1 heterocycles. The van der Waals surface area contributed by atoms with Crippen LogP contribution in [0, 0.1) is 0 Å². The number of hydrogen-bond acceptors (Lipinski definition) is 6. The first-order valence-corrected chi connectivity index (χ1v) is 9.84. The number of benzene rings is 2. The first-order valence-electron chi connectivity index (χ1n) is 9.84. The Labute approximate surface area is 165 Å². The summed E-state index contributed by atoms with van der Waals surface area (Å²) < 4.78 is 12.1. The van der Waals surface area contributed by atoms with Crippen LogP contribution in [0.25, 0.3) is 0 Å². The monoisotopic (exact) mass is 388 g/mol. The fourth-order valence-electron chi connectivity index (χ4n) is 3.53. The van der Waals surface area contributed by atoms with Crippen molar-refractivity contribution in [3.05, 3.63) is 41.5 Å². The van der Waals surface area contributed by atoms with Crippen LogP contribution in [0.15, 0.2) is 30.3 Å². The van der Waals surface area contributed by atoms with Crippen LogP contribution in [-0.4, -0.2) is 33.1 Å². The fourth-order valence-corrected chi connectivity index (χ4v) is 3.53. The van der Waals surface area contributed by atoms with Gasteiger partial charge in [-0.15, -0.1) is 0 Å². The third-order valence-corrected chi connectivity index (χ3v) is 5.07. The molecule has 0 amide bonds. The van der Waals surface area contributed by atoms with E-state index in [1.165, 1.54) is 43.5 Å². The third-order valence-electron chi connectivity index (χ3n) is 5.07. The second-order valence-corrected chi connectivity index (χ2v) is 7.26. The van der Waals surface area contributed by atoms with Crippen LogP contribution in [0.1, 0.15) is 56.3 Å². The van der Waals surface area contributed by atoms with E-state index in [0.29, 0.717) is 29.9 Å². The molecule has 0 radical (unpaired) electrons. The third kappa shape index (κ3) is 4.62. The molecule has 0 aromatic heterocycles. The average molecular weight is 388 g/mol. The molecule has 2 atom stereocenters. The predicted octanol–water partition coefficient (Wildman–Crippen LogP) is 4.54. The number of rotatable bonds is 8. The Morgan fingerprint density at radius 1 is 0.929 bits per heavy atom. The maximum atomic E-state index is 10.2. The van der Waals surface area contributed by atoms with Gasteiger partial charge in [0.15, 0.2) is 17.6 Å². The molecule has 2 unspecified atom stereocenters. The second kappa shape index (κ2) is 9.06. The Kier molecular flexibility index (Phi) is 6.52. The lowest BCUT2D eigenvalue weighted by atomic mass is 9.93. The maximum Gasteiger partial charge on any atom is 0.157 e. The van der Waals surface area contributed by atoms with Crippen molar-refractivity contribution < 1.29 is 29.9 Å². The van der Waals surface area contributed by atoms with Crippen molar-refractivity contribution in [3.8, 4) is 28.7 Å². The molecule has 0 bridgehead atoms. The molecule has 3 rings (SSSR count). The van der Waals surface area contributed by atoms with E-state index in [1.807, 2.05) is 0 Å². The number of phenolic OH excluding ortho intramolecular Hbond substituents is 4. The van der Waals surface area contributed by atoms with Crippen molar-refractivity contribution in [2.75, 3.05) is 6.61 Å². The van der Waals surface area contributed by atoms with Crippen molar-refractivity contribution in [3.63, 3.8) is 0 Å². The molecule has 6 heteroatoms. The number of fused-ring (bicyclic) bond motifs is 1. The standard InChI is InChI=1S/C22H28O6/c1-2-3-4-5-6-9-27-21-13-16-18(25)11-15(23)12-20(16)28-22(21)14-7-8-17(24)19(26)10-14/h7-8,10-12,21-26H,2-6,9,13H2,1H3. The average Bonchev–Trinajstić information content (AvgIpc) is 2.66. The lowest BCUT2D eigenvalue weighted by Gasteiger charge is -2.34. The van der Waals surface area contributed by atoms with Gasteiger partial charge in [0.25, 0.3) is 0 Å². The van der Waals surface area contributed by atoms with E-state index >= 15 is 0 Å². The lowest BCUT2D eigenvalue weighted by molar-refractivity contribution is -0.0393. The number of ether oxygens (including phenoxy) is 2. The van der Waals surface area contributed by atoms with Crippen LogP contribution in [0.5, 0.6) is 28.7 Å². The fraction of sp³-hybridized carbons (Fsp3) is 0.455. The molecule has 0 saturated heterocycles. The van der Waals surface area contributed by atoms with E-state index in [4.69, 9.17) is 9.47 Å². The maximum absolute atomic E-state index is 10.2. The van der Waals surface area contributed by atoms with E-state index in [2.05, 4.69) is 6.92 Å². The molecule has 6 nitrogen and oxygen atoms in total. The van der Waals surface area contributed by atoms with Crippen molar-refractivity contribution in [2.45, 2.75) is 57.7 Å². The van der Waals surface area contributed by atoms with Gasteiger partial charge in [0.05, 0.1) is 0 Å². The molecule has 1 aliphatic heterocycles. The molecule has 4 N–H and O–H groups in total. The highest BCUT2D eigenvalue weighted by molar-refractivity contribution is 5.52. The lowest BCUT2D eigenvalue weighted by Crippen LogP contribution is -2.33. The summed E-state index contributed by atoms with van der Waals surface area (Å²) in [6.07, 6.45) is 5.15. The smallest absolute Gasteiger partial charge is 0.157 e. The van der Waals surface area contributed by atoms with Crippen molar-refractivity contribution in [2.24, 2.45) is 0 Å². The Hall–Kier alpha value is -2.60. The Bertz CT molecular complexity index is 804. The minimum absolute atomic E-state index is 0.0291. The van der Waals surface area contributed by atoms with Gasteiger partial charge >= 0.3 is 0 Å². The highest BCUT2D eigenvalue weighted by Gasteiger charge is 2.34. The zero-order valence-corrected chi connectivity index (χ0v) is 16.1. The molecule has 0 aliphatic carbocycles. The summed E-state index contributed by atoms with van der Waals surface area (Å²) in [5, 5.41) is 39.4. The number of phenols is 4. The number of unbranched alkanes of at least 4 members (excludes halogenated alkanes) is 4. The molecule has 0 spiro atoms. The predicted molar refractivity (Wildman–Crippen MR) is 105 cm³/mol. The molecular formula is C22H28O6. The first-order chi connectivity index (χ1) is 13.5. The molecule has 2 aromatic carbocycles. The summed E-state index contributed by atoms with van der Waals surface area (Å²) in [5.74, 6) is -0.164. The molecule has 152 valence electrons. The normalized spacial score (nSPS) is 18.5. The van der Waals surface area contributed by atoms with Crippen molar-refractivity contribution in [1.82, 2.24) is 0 Å². The van der Waals surface area contributed by atoms with Crippen LogP contribution < -0.4 is 4.74 Å². The Morgan fingerprint density at radius 3 is 2.46 bits per heavy atom. The highest BCUT2D eigenvalue weighted by atomic mass is 16.5. The second-order valence-electron chi connectivity index (χ2n) is 7.26. The topological polar surface area (TPSA) is 99.4 Å². The van der Waals surface area contributed by atoms with Crippen LogP contribution in [-0.2, 0) is 11.2 Å². The highest BCUT2D eigenvalue weighted by Crippen LogP contribution is 2.43. The van der Waals surface area contributed by atoms with Crippen LogP contribution in [0.4, 0.5) is 0 Å². The van der Waals surface area contributed by atoms with Gasteiger partial charge in [-0.05, 0) is 24.1 Å². The van der Waals surface area contributed by atoms with Crippen LogP contribution in [0.3, 0.4) is 0 Å². The summed E-state index contributed by atoms with van der Waals surface area (Å²) in [4.78, 5) is 0. The quantitative estimate of drug-likeness (QED) is 0.391. The van der Waals surface area contributed by atoms with Gasteiger partial charge in [-0.25, -0.2) is 0 Å². The zero-order valence-electron chi connectivity index (χ0n) is 16.1. The minimum Gasteiger partial charge on any atom is -0.508 e.